The molecule has 2 nitrogen and oxygen atoms in total. The summed E-state index contributed by atoms with van der Waals surface area (Å²) in [6.07, 6.45) is 6.80. The van der Waals surface area contributed by atoms with Crippen LogP contribution in [0, 0.1) is 24.7 Å². The lowest BCUT2D eigenvalue weighted by molar-refractivity contribution is 0.0914. The van der Waals surface area contributed by atoms with Crippen LogP contribution in [0.15, 0.2) is 30.9 Å². The number of phenolic OH excluding ortho intramolecular Hbond substituents is 1. The maximum Gasteiger partial charge on any atom is 0.184 e. The van der Waals surface area contributed by atoms with E-state index in [1.807, 2.05) is 0 Å². The fourth-order valence-corrected chi connectivity index (χ4v) is 1.40. The van der Waals surface area contributed by atoms with Gasteiger partial charge in [0.15, 0.2) is 5.78 Å². The first-order valence-corrected chi connectivity index (χ1v) is 4.90. The summed E-state index contributed by atoms with van der Waals surface area (Å²) in [6.45, 7) is 6.99. The van der Waals surface area contributed by atoms with Crippen molar-refractivity contribution in [2.24, 2.45) is 5.41 Å². The molecule has 2 heteroatoms. The summed E-state index contributed by atoms with van der Waals surface area (Å²) >= 11 is 0. The molecule has 0 aliphatic rings. The second-order valence-electron chi connectivity index (χ2n) is 3.88. The molecule has 0 bridgehead atoms. The Morgan fingerprint density at radius 3 is 2.69 bits per heavy atom. The molecule has 0 amide bonds. The quantitative estimate of drug-likeness (QED) is 0.477. The first-order chi connectivity index (χ1) is 7.44. The standard InChI is InChI=1S/C14H14O2/c1-5-14(4,6-2)13(16)12-8-7-11(15)9-10(12)3/h1,6-9,15H,2H2,3-4H3. The Hall–Kier alpha value is -2.01. The van der Waals surface area contributed by atoms with Crippen LogP contribution in [-0.4, -0.2) is 10.9 Å². The lowest BCUT2D eigenvalue weighted by atomic mass is 9.82. The van der Waals surface area contributed by atoms with Crippen molar-refractivity contribution in [3.63, 3.8) is 0 Å². The number of aromatic hydroxyl groups is 1. The van der Waals surface area contributed by atoms with E-state index < -0.39 is 5.41 Å². The van der Waals surface area contributed by atoms with E-state index in [1.165, 1.54) is 18.2 Å². The Bertz CT molecular complexity index is 480. The molecule has 1 aromatic carbocycles. The van der Waals surface area contributed by atoms with Crippen molar-refractivity contribution in [2.45, 2.75) is 13.8 Å². The molecular weight excluding hydrogens is 200 g/mol. The monoisotopic (exact) mass is 214 g/mol. The van der Waals surface area contributed by atoms with Gasteiger partial charge in [-0.2, -0.15) is 0 Å². The predicted octanol–water partition coefficient (Wildman–Crippen LogP) is 2.71. The second kappa shape index (κ2) is 4.24. The topological polar surface area (TPSA) is 37.3 Å². The summed E-state index contributed by atoms with van der Waals surface area (Å²) in [7, 11) is 0. The summed E-state index contributed by atoms with van der Waals surface area (Å²) in [5.41, 5.74) is 0.216. The van der Waals surface area contributed by atoms with Crippen molar-refractivity contribution in [1.29, 1.82) is 0 Å². The van der Waals surface area contributed by atoms with Crippen LogP contribution in [0.5, 0.6) is 5.75 Å². The van der Waals surface area contributed by atoms with Gasteiger partial charge in [0.05, 0.1) is 0 Å². The van der Waals surface area contributed by atoms with Gasteiger partial charge in [-0.25, -0.2) is 0 Å². The van der Waals surface area contributed by atoms with Crippen LogP contribution >= 0.6 is 0 Å². The molecule has 0 spiro atoms. The maximum atomic E-state index is 12.2. The fraction of sp³-hybridized carbons (Fsp3) is 0.214. The first kappa shape index (κ1) is 12.1. The number of benzene rings is 1. The number of allylic oxidation sites excluding steroid dienone is 1. The molecule has 0 radical (unpaired) electrons. The molecule has 0 heterocycles. The van der Waals surface area contributed by atoms with Gasteiger partial charge in [0.1, 0.15) is 11.2 Å². The zero-order chi connectivity index (χ0) is 12.3. The van der Waals surface area contributed by atoms with Crippen molar-refractivity contribution in [3.8, 4) is 18.1 Å². The van der Waals surface area contributed by atoms with Gasteiger partial charge in [-0.1, -0.05) is 12.0 Å². The second-order valence-corrected chi connectivity index (χ2v) is 3.88. The largest absolute Gasteiger partial charge is 0.508 e. The van der Waals surface area contributed by atoms with Gasteiger partial charge in [-0.3, -0.25) is 4.79 Å². The van der Waals surface area contributed by atoms with Crippen molar-refractivity contribution in [2.75, 3.05) is 0 Å². The molecule has 0 saturated heterocycles. The maximum absolute atomic E-state index is 12.2. The van der Waals surface area contributed by atoms with Crippen LogP contribution in [0.4, 0.5) is 0 Å². The lowest BCUT2D eigenvalue weighted by Gasteiger charge is -2.18. The Morgan fingerprint density at radius 2 is 2.25 bits per heavy atom. The molecule has 0 aromatic heterocycles. The molecular formula is C14H14O2. The van der Waals surface area contributed by atoms with Crippen LogP contribution in [0.2, 0.25) is 0 Å². The molecule has 0 saturated carbocycles. The number of hydrogen-bond acceptors (Lipinski definition) is 2. The summed E-state index contributed by atoms with van der Waals surface area (Å²) < 4.78 is 0. The van der Waals surface area contributed by atoms with Gasteiger partial charge < -0.3 is 5.11 Å². The number of carbonyl (C=O) groups is 1. The highest BCUT2D eigenvalue weighted by molar-refractivity contribution is 6.04. The van der Waals surface area contributed by atoms with Gasteiger partial charge in [-0.05, 0) is 37.6 Å². The highest BCUT2D eigenvalue weighted by Gasteiger charge is 2.29. The predicted molar refractivity (Wildman–Crippen MR) is 64.3 cm³/mol. The van der Waals surface area contributed by atoms with Gasteiger partial charge in [0.25, 0.3) is 0 Å². The van der Waals surface area contributed by atoms with Crippen molar-refractivity contribution >= 4 is 5.78 Å². The fourth-order valence-electron chi connectivity index (χ4n) is 1.40. The third kappa shape index (κ3) is 1.99. The average molecular weight is 214 g/mol. The molecule has 16 heavy (non-hydrogen) atoms. The van der Waals surface area contributed by atoms with Crippen LogP contribution in [0.3, 0.4) is 0 Å². The van der Waals surface area contributed by atoms with E-state index in [0.29, 0.717) is 11.1 Å². The number of phenols is 1. The molecule has 0 fully saturated rings. The van der Waals surface area contributed by atoms with Gasteiger partial charge in [0, 0.05) is 5.56 Å². The zero-order valence-corrected chi connectivity index (χ0v) is 9.45. The number of Topliss-reactive ketones (excluding diaryl/α,β-unsaturated/α-hetero) is 1. The molecule has 1 N–H and O–H groups in total. The van der Waals surface area contributed by atoms with Crippen molar-refractivity contribution in [3.05, 3.63) is 42.0 Å². The van der Waals surface area contributed by atoms with E-state index in [2.05, 4.69) is 12.5 Å². The molecule has 1 atom stereocenters. The highest BCUT2D eigenvalue weighted by atomic mass is 16.3. The molecule has 0 aliphatic heterocycles. The van der Waals surface area contributed by atoms with Gasteiger partial charge in [-0.15, -0.1) is 13.0 Å². The lowest BCUT2D eigenvalue weighted by Crippen LogP contribution is -2.24. The smallest absolute Gasteiger partial charge is 0.184 e. The third-order valence-electron chi connectivity index (χ3n) is 2.63. The number of terminal acetylenes is 1. The first-order valence-electron chi connectivity index (χ1n) is 4.90. The van der Waals surface area contributed by atoms with E-state index in [4.69, 9.17) is 6.42 Å². The van der Waals surface area contributed by atoms with E-state index in [9.17, 15) is 9.90 Å². The van der Waals surface area contributed by atoms with E-state index in [0.717, 1.165) is 0 Å². The molecule has 1 aromatic rings. The normalized spacial score (nSPS) is 13.6. The highest BCUT2D eigenvalue weighted by Crippen LogP contribution is 2.26. The van der Waals surface area contributed by atoms with Crippen molar-refractivity contribution in [1.82, 2.24) is 0 Å². The van der Waals surface area contributed by atoms with Gasteiger partial charge in [0.2, 0.25) is 0 Å². The summed E-state index contributed by atoms with van der Waals surface area (Å²) in [5, 5.41) is 9.26. The molecule has 0 aliphatic carbocycles. The zero-order valence-electron chi connectivity index (χ0n) is 9.45. The Kier molecular flexibility index (Phi) is 3.20. The Morgan fingerprint density at radius 1 is 1.62 bits per heavy atom. The van der Waals surface area contributed by atoms with E-state index in [-0.39, 0.29) is 11.5 Å². The number of carbonyl (C=O) groups excluding carboxylic acids is 1. The number of ketones is 1. The summed E-state index contributed by atoms with van der Waals surface area (Å²) in [5.74, 6) is 2.39. The number of aryl methyl sites for hydroxylation is 1. The third-order valence-corrected chi connectivity index (χ3v) is 2.63. The minimum absolute atomic E-state index is 0.134. The van der Waals surface area contributed by atoms with Crippen LogP contribution in [0.1, 0.15) is 22.8 Å². The Labute approximate surface area is 95.6 Å². The molecule has 82 valence electrons. The number of rotatable bonds is 3. The van der Waals surface area contributed by atoms with Crippen molar-refractivity contribution < 1.29 is 9.90 Å². The minimum atomic E-state index is -0.998. The Balaban J connectivity index is 3.26. The van der Waals surface area contributed by atoms with E-state index >= 15 is 0 Å². The minimum Gasteiger partial charge on any atom is -0.508 e. The average Bonchev–Trinajstić information content (AvgIpc) is 2.27. The van der Waals surface area contributed by atoms with Gasteiger partial charge >= 0.3 is 0 Å². The number of hydrogen-bond donors (Lipinski definition) is 1. The summed E-state index contributed by atoms with van der Waals surface area (Å²) in [6, 6.07) is 4.58. The SMILES string of the molecule is C#CC(C)(C=C)C(=O)c1ccc(O)cc1C. The summed E-state index contributed by atoms with van der Waals surface area (Å²) in [4.78, 5) is 12.2. The van der Waals surface area contributed by atoms with E-state index in [1.54, 1.807) is 19.9 Å². The van der Waals surface area contributed by atoms with Crippen LogP contribution < -0.4 is 0 Å². The molecule has 1 rings (SSSR count). The van der Waals surface area contributed by atoms with Crippen LogP contribution in [-0.2, 0) is 0 Å². The molecule has 1 unspecified atom stereocenters. The van der Waals surface area contributed by atoms with Crippen LogP contribution in [0.25, 0.3) is 0 Å².